The van der Waals surface area contributed by atoms with Crippen molar-refractivity contribution < 1.29 is 21.4 Å². The number of thiophene rings is 1. The standard InChI is InChI=1S/C16H15Cl2N3O5S3/c1-8-6-9(2)14(11(17)7-8)20-29(24,25)16-12(4-5-27-16)28(22,23)21-15-13(18)10(3)19-26-15/h4-7,20-21H,1-3H3. The van der Waals surface area contributed by atoms with E-state index in [4.69, 9.17) is 27.7 Å². The Morgan fingerprint density at radius 1 is 1.03 bits per heavy atom. The molecule has 0 amide bonds. The van der Waals surface area contributed by atoms with Gasteiger partial charge in [-0.15, -0.1) is 11.3 Å². The van der Waals surface area contributed by atoms with Crippen molar-refractivity contribution >= 4 is 66.2 Å². The zero-order chi connectivity index (χ0) is 21.6. The number of rotatable bonds is 6. The Labute approximate surface area is 181 Å². The average molecular weight is 496 g/mol. The highest BCUT2D eigenvalue weighted by Crippen LogP contribution is 2.35. The number of aryl methyl sites for hydroxylation is 3. The molecule has 0 fully saturated rings. The van der Waals surface area contributed by atoms with E-state index in [1.165, 1.54) is 18.4 Å². The van der Waals surface area contributed by atoms with Gasteiger partial charge in [0.1, 0.15) is 15.6 Å². The summed E-state index contributed by atoms with van der Waals surface area (Å²) in [7, 11) is -8.58. The Bertz CT molecular complexity index is 1270. The molecule has 8 nitrogen and oxygen atoms in total. The maximum Gasteiger partial charge on any atom is 0.272 e. The summed E-state index contributed by atoms with van der Waals surface area (Å²) in [5.74, 6) is -0.302. The normalized spacial score (nSPS) is 12.2. The first-order valence-corrected chi connectivity index (χ1v) is 12.5. The SMILES string of the molecule is Cc1cc(C)c(NS(=O)(=O)c2sccc2S(=O)(=O)Nc2onc(C)c2Cl)c(Cl)c1. The van der Waals surface area contributed by atoms with Gasteiger partial charge in [0.05, 0.1) is 10.7 Å². The van der Waals surface area contributed by atoms with Crippen molar-refractivity contribution in [2.24, 2.45) is 0 Å². The molecule has 0 bridgehead atoms. The molecule has 29 heavy (non-hydrogen) atoms. The second kappa shape index (κ2) is 7.80. The molecule has 3 aromatic rings. The summed E-state index contributed by atoms with van der Waals surface area (Å²) in [6, 6.07) is 4.53. The Hall–Kier alpha value is -1.79. The van der Waals surface area contributed by atoms with Crippen LogP contribution in [-0.2, 0) is 20.0 Å². The predicted molar refractivity (Wildman–Crippen MR) is 113 cm³/mol. The first kappa shape index (κ1) is 21.9. The highest BCUT2D eigenvalue weighted by Gasteiger charge is 2.31. The molecule has 2 heterocycles. The molecule has 0 unspecified atom stereocenters. The largest absolute Gasteiger partial charge is 0.336 e. The van der Waals surface area contributed by atoms with Crippen molar-refractivity contribution in [1.82, 2.24) is 5.16 Å². The van der Waals surface area contributed by atoms with Crippen molar-refractivity contribution in [1.29, 1.82) is 0 Å². The molecule has 2 aromatic heterocycles. The first-order valence-electron chi connectivity index (χ1n) is 7.94. The van der Waals surface area contributed by atoms with Crippen LogP contribution in [0, 0.1) is 20.8 Å². The molecule has 0 spiro atoms. The first-order chi connectivity index (χ1) is 13.4. The lowest BCUT2D eigenvalue weighted by Crippen LogP contribution is -2.19. The van der Waals surface area contributed by atoms with Gasteiger partial charge in [0.25, 0.3) is 25.9 Å². The fraction of sp³-hybridized carbons (Fsp3) is 0.188. The van der Waals surface area contributed by atoms with Gasteiger partial charge in [0.2, 0.25) is 0 Å². The number of aromatic nitrogens is 1. The van der Waals surface area contributed by atoms with Crippen LogP contribution in [0.4, 0.5) is 11.6 Å². The number of hydrogen-bond acceptors (Lipinski definition) is 7. The lowest BCUT2D eigenvalue weighted by molar-refractivity contribution is 0.430. The quantitative estimate of drug-likeness (QED) is 0.516. The molecule has 0 atom stereocenters. The predicted octanol–water partition coefficient (Wildman–Crippen LogP) is 4.57. The molecule has 0 radical (unpaired) electrons. The maximum absolute atomic E-state index is 12.9. The van der Waals surface area contributed by atoms with E-state index in [0.717, 1.165) is 16.9 Å². The smallest absolute Gasteiger partial charge is 0.272 e. The topological polar surface area (TPSA) is 118 Å². The molecule has 2 N–H and O–H groups in total. The third kappa shape index (κ3) is 4.38. The Morgan fingerprint density at radius 3 is 2.31 bits per heavy atom. The van der Waals surface area contributed by atoms with E-state index < -0.39 is 29.2 Å². The number of sulfonamides is 2. The Morgan fingerprint density at radius 2 is 1.72 bits per heavy atom. The molecule has 1 aromatic carbocycles. The van der Waals surface area contributed by atoms with Crippen molar-refractivity contribution in [3.05, 3.63) is 50.4 Å². The molecule has 0 saturated carbocycles. The van der Waals surface area contributed by atoms with Gasteiger partial charge in [-0.2, -0.15) is 0 Å². The molecule has 0 saturated heterocycles. The fourth-order valence-corrected chi connectivity index (χ4v) is 7.55. The van der Waals surface area contributed by atoms with Crippen LogP contribution in [0.1, 0.15) is 16.8 Å². The summed E-state index contributed by atoms with van der Waals surface area (Å²) >= 11 is 12.9. The number of nitrogens with zero attached hydrogens (tertiary/aromatic N) is 1. The highest BCUT2D eigenvalue weighted by atomic mass is 35.5. The molecule has 0 aliphatic carbocycles. The number of nitrogens with one attached hydrogen (secondary N) is 2. The molecular weight excluding hydrogens is 481 g/mol. The summed E-state index contributed by atoms with van der Waals surface area (Å²) in [5.41, 5.74) is 1.92. The van der Waals surface area contributed by atoms with E-state index in [-0.39, 0.29) is 27.3 Å². The minimum absolute atomic E-state index is 0.0200. The molecule has 3 rings (SSSR count). The zero-order valence-corrected chi connectivity index (χ0v) is 19.2. The summed E-state index contributed by atoms with van der Waals surface area (Å²) in [6.45, 7) is 5.05. The van der Waals surface area contributed by atoms with Crippen LogP contribution in [0.5, 0.6) is 0 Å². The van der Waals surface area contributed by atoms with Crippen LogP contribution in [0.25, 0.3) is 0 Å². The summed E-state index contributed by atoms with van der Waals surface area (Å²) in [4.78, 5) is -0.457. The van der Waals surface area contributed by atoms with Gasteiger partial charge in [-0.25, -0.2) is 21.6 Å². The van der Waals surface area contributed by atoms with Gasteiger partial charge in [0.15, 0.2) is 4.21 Å². The van der Waals surface area contributed by atoms with Crippen LogP contribution < -0.4 is 9.44 Å². The van der Waals surface area contributed by atoms with Crippen LogP contribution in [0.3, 0.4) is 0 Å². The third-order valence-corrected chi connectivity index (χ3v) is 9.02. The van der Waals surface area contributed by atoms with Gasteiger partial charge in [-0.05, 0) is 49.4 Å². The molecule has 0 aliphatic rings. The zero-order valence-electron chi connectivity index (χ0n) is 15.3. The molecule has 156 valence electrons. The lowest BCUT2D eigenvalue weighted by atomic mass is 10.1. The van der Waals surface area contributed by atoms with E-state index in [1.807, 2.05) is 6.92 Å². The second-order valence-electron chi connectivity index (χ2n) is 6.13. The minimum Gasteiger partial charge on any atom is -0.336 e. The lowest BCUT2D eigenvalue weighted by Gasteiger charge is -2.13. The Balaban J connectivity index is 2.00. The third-order valence-electron chi connectivity index (χ3n) is 3.82. The van der Waals surface area contributed by atoms with Crippen molar-refractivity contribution in [3.63, 3.8) is 0 Å². The van der Waals surface area contributed by atoms with E-state index in [1.54, 1.807) is 19.1 Å². The van der Waals surface area contributed by atoms with E-state index >= 15 is 0 Å². The summed E-state index contributed by atoms with van der Waals surface area (Å²) in [5, 5.41) is 5.09. The van der Waals surface area contributed by atoms with Gasteiger partial charge >= 0.3 is 0 Å². The second-order valence-corrected chi connectivity index (χ2v) is 11.4. The number of hydrogen-bond donors (Lipinski definition) is 2. The van der Waals surface area contributed by atoms with Crippen molar-refractivity contribution in [2.75, 3.05) is 9.44 Å². The summed E-state index contributed by atoms with van der Waals surface area (Å²) < 4.78 is 60.3. The average Bonchev–Trinajstić information content (AvgIpc) is 3.22. The van der Waals surface area contributed by atoms with E-state index in [9.17, 15) is 16.8 Å². The maximum atomic E-state index is 12.9. The van der Waals surface area contributed by atoms with Crippen LogP contribution in [0.2, 0.25) is 10.0 Å². The molecule has 0 aliphatic heterocycles. The number of halogens is 2. The van der Waals surface area contributed by atoms with E-state index in [2.05, 4.69) is 14.6 Å². The Kier molecular flexibility index (Phi) is 5.89. The number of anilines is 2. The molecular formula is C16H15Cl2N3O5S3. The van der Waals surface area contributed by atoms with Crippen LogP contribution in [-0.4, -0.2) is 22.0 Å². The van der Waals surface area contributed by atoms with E-state index in [0.29, 0.717) is 5.56 Å². The fourth-order valence-electron chi connectivity index (χ4n) is 2.50. The van der Waals surface area contributed by atoms with Gasteiger partial charge in [-0.3, -0.25) is 4.72 Å². The number of benzene rings is 1. The van der Waals surface area contributed by atoms with Crippen molar-refractivity contribution in [2.45, 2.75) is 29.9 Å². The monoisotopic (exact) mass is 495 g/mol. The van der Waals surface area contributed by atoms with Gasteiger partial charge in [0, 0.05) is 0 Å². The van der Waals surface area contributed by atoms with Crippen LogP contribution in [0.15, 0.2) is 37.2 Å². The summed E-state index contributed by atoms with van der Waals surface area (Å²) in [6.07, 6.45) is 0. The molecule has 13 heteroatoms. The minimum atomic E-state index is -4.32. The van der Waals surface area contributed by atoms with Crippen molar-refractivity contribution in [3.8, 4) is 0 Å². The van der Waals surface area contributed by atoms with Gasteiger partial charge in [-0.1, -0.05) is 34.4 Å². The van der Waals surface area contributed by atoms with Gasteiger partial charge < -0.3 is 4.52 Å². The van der Waals surface area contributed by atoms with Crippen LogP contribution >= 0.6 is 34.5 Å². The highest BCUT2D eigenvalue weighted by molar-refractivity contribution is 7.97.